The van der Waals surface area contributed by atoms with Crippen molar-refractivity contribution >= 4 is 28.3 Å². The lowest BCUT2D eigenvalue weighted by Gasteiger charge is -2.06. The van der Waals surface area contributed by atoms with E-state index >= 15 is 0 Å². The molecule has 1 N–H and O–H groups in total. The van der Waals surface area contributed by atoms with Gasteiger partial charge in [0.05, 0.1) is 29.5 Å². The summed E-state index contributed by atoms with van der Waals surface area (Å²) in [5, 5.41) is 3.71. The van der Waals surface area contributed by atoms with Crippen molar-refractivity contribution in [1.82, 2.24) is 15.0 Å². The van der Waals surface area contributed by atoms with E-state index in [0.29, 0.717) is 11.7 Å². The van der Waals surface area contributed by atoms with E-state index in [0.717, 1.165) is 22.4 Å². The number of aromatic nitrogens is 3. The smallest absolute Gasteiger partial charge is 0.131 e. The highest BCUT2D eigenvalue weighted by molar-refractivity contribution is 6.29. The number of para-hydroxylation sites is 2. The van der Waals surface area contributed by atoms with E-state index in [4.69, 9.17) is 11.6 Å². The second-order valence-corrected chi connectivity index (χ2v) is 4.46. The summed E-state index contributed by atoms with van der Waals surface area (Å²) in [5.41, 5.74) is 3.59. The summed E-state index contributed by atoms with van der Waals surface area (Å²) in [6.07, 6.45) is 3.44. The molecule has 94 valence electrons. The molecule has 0 aliphatic heterocycles. The lowest BCUT2D eigenvalue weighted by Crippen LogP contribution is -2.02. The van der Waals surface area contributed by atoms with Crippen molar-refractivity contribution in [2.24, 2.45) is 0 Å². The fourth-order valence-electron chi connectivity index (χ4n) is 1.79. The van der Waals surface area contributed by atoms with Crippen LogP contribution in [0.15, 0.2) is 48.8 Å². The zero-order chi connectivity index (χ0) is 13.1. The molecule has 0 radical (unpaired) electrons. The monoisotopic (exact) mass is 270 g/mol. The predicted octanol–water partition coefficient (Wildman–Crippen LogP) is 3.29. The second kappa shape index (κ2) is 5.20. The third kappa shape index (κ3) is 2.80. The van der Waals surface area contributed by atoms with Gasteiger partial charge in [0.15, 0.2) is 0 Å². The van der Waals surface area contributed by atoms with Gasteiger partial charge in [0.25, 0.3) is 0 Å². The van der Waals surface area contributed by atoms with Crippen LogP contribution in [0.4, 0.5) is 5.69 Å². The Labute approximate surface area is 115 Å². The number of nitrogens with one attached hydrogen (secondary N) is 1. The molecule has 3 rings (SSSR count). The molecule has 2 heterocycles. The van der Waals surface area contributed by atoms with Crippen LogP contribution in [-0.2, 0) is 6.54 Å². The SMILES string of the molecule is Clc1cc(NCc2cnc3ccccc3n2)ccn1. The van der Waals surface area contributed by atoms with Crippen LogP contribution in [0.1, 0.15) is 5.69 Å². The third-order valence-corrected chi connectivity index (χ3v) is 2.91. The number of hydrogen-bond acceptors (Lipinski definition) is 4. The van der Waals surface area contributed by atoms with E-state index in [-0.39, 0.29) is 0 Å². The first kappa shape index (κ1) is 11.9. The van der Waals surface area contributed by atoms with Gasteiger partial charge in [-0.15, -0.1) is 0 Å². The molecule has 0 spiro atoms. The fourth-order valence-corrected chi connectivity index (χ4v) is 1.96. The Morgan fingerprint density at radius 2 is 1.89 bits per heavy atom. The van der Waals surface area contributed by atoms with E-state index < -0.39 is 0 Å². The maximum atomic E-state index is 5.83. The quantitative estimate of drug-likeness (QED) is 0.742. The van der Waals surface area contributed by atoms with Gasteiger partial charge in [-0.2, -0.15) is 0 Å². The molecular weight excluding hydrogens is 260 g/mol. The molecule has 0 aliphatic rings. The first-order valence-corrected chi connectivity index (χ1v) is 6.25. The minimum absolute atomic E-state index is 0.467. The molecule has 0 atom stereocenters. The standard InChI is InChI=1S/C14H11ClN4/c15-14-7-10(5-6-16-14)17-8-11-9-18-12-3-1-2-4-13(12)19-11/h1-7,9H,8H2,(H,16,17). The zero-order valence-corrected chi connectivity index (χ0v) is 10.8. The van der Waals surface area contributed by atoms with Gasteiger partial charge >= 0.3 is 0 Å². The van der Waals surface area contributed by atoms with Crippen LogP contribution >= 0.6 is 11.6 Å². The Bertz CT molecular complexity index is 714. The minimum Gasteiger partial charge on any atom is -0.379 e. The first-order valence-electron chi connectivity index (χ1n) is 5.87. The van der Waals surface area contributed by atoms with Crippen LogP contribution < -0.4 is 5.32 Å². The maximum absolute atomic E-state index is 5.83. The molecule has 19 heavy (non-hydrogen) atoms. The predicted molar refractivity (Wildman–Crippen MR) is 76.1 cm³/mol. The van der Waals surface area contributed by atoms with Crippen molar-refractivity contribution in [3.05, 3.63) is 59.6 Å². The normalized spacial score (nSPS) is 10.6. The number of pyridine rings is 1. The van der Waals surface area contributed by atoms with E-state index in [1.165, 1.54) is 0 Å². The Morgan fingerprint density at radius 1 is 1.05 bits per heavy atom. The van der Waals surface area contributed by atoms with Crippen molar-refractivity contribution < 1.29 is 0 Å². The van der Waals surface area contributed by atoms with Gasteiger partial charge < -0.3 is 5.32 Å². The summed E-state index contributed by atoms with van der Waals surface area (Å²) in [6.45, 7) is 0.595. The van der Waals surface area contributed by atoms with Gasteiger partial charge in [-0.25, -0.2) is 9.97 Å². The summed E-state index contributed by atoms with van der Waals surface area (Å²) in [4.78, 5) is 12.8. The minimum atomic E-state index is 0.467. The molecule has 0 aliphatic carbocycles. The summed E-state index contributed by atoms with van der Waals surface area (Å²) < 4.78 is 0. The van der Waals surface area contributed by atoms with Gasteiger partial charge in [0.1, 0.15) is 5.15 Å². The largest absolute Gasteiger partial charge is 0.379 e. The van der Waals surface area contributed by atoms with Crippen LogP contribution in [-0.4, -0.2) is 15.0 Å². The first-order chi connectivity index (χ1) is 9.31. The van der Waals surface area contributed by atoms with Gasteiger partial charge in [-0.1, -0.05) is 23.7 Å². The molecule has 0 unspecified atom stereocenters. The molecule has 5 heteroatoms. The van der Waals surface area contributed by atoms with Gasteiger partial charge in [-0.3, -0.25) is 4.98 Å². The third-order valence-electron chi connectivity index (χ3n) is 2.70. The molecule has 0 bridgehead atoms. The van der Waals surface area contributed by atoms with Crippen LogP contribution in [0.5, 0.6) is 0 Å². The Morgan fingerprint density at radius 3 is 2.74 bits per heavy atom. The number of fused-ring (bicyclic) bond motifs is 1. The summed E-state index contributed by atoms with van der Waals surface area (Å²) in [7, 11) is 0. The van der Waals surface area contributed by atoms with Crippen molar-refractivity contribution in [2.75, 3.05) is 5.32 Å². The number of halogens is 1. The van der Waals surface area contributed by atoms with E-state index in [1.807, 2.05) is 30.3 Å². The molecule has 3 aromatic rings. The van der Waals surface area contributed by atoms with Crippen molar-refractivity contribution in [3.63, 3.8) is 0 Å². The molecule has 4 nitrogen and oxygen atoms in total. The zero-order valence-electron chi connectivity index (χ0n) is 10.0. The summed E-state index contributed by atoms with van der Waals surface area (Å²) in [5.74, 6) is 0. The number of anilines is 1. The van der Waals surface area contributed by atoms with Gasteiger partial charge in [-0.05, 0) is 24.3 Å². The number of rotatable bonds is 3. The van der Waals surface area contributed by atoms with E-state index in [9.17, 15) is 0 Å². The molecule has 0 amide bonds. The van der Waals surface area contributed by atoms with E-state index in [1.54, 1.807) is 18.5 Å². The number of nitrogens with zero attached hydrogens (tertiary/aromatic N) is 3. The lowest BCUT2D eigenvalue weighted by molar-refractivity contribution is 1.04. The van der Waals surface area contributed by atoms with Crippen LogP contribution in [0, 0.1) is 0 Å². The van der Waals surface area contributed by atoms with Crippen molar-refractivity contribution in [2.45, 2.75) is 6.54 Å². The highest BCUT2D eigenvalue weighted by Gasteiger charge is 2.00. The van der Waals surface area contributed by atoms with Gasteiger partial charge in [0.2, 0.25) is 0 Å². The Hall–Kier alpha value is -2.20. The Balaban J connectivity index is 1.78. The second-order valence-electron chi connectivity index (χ2n) is 4.07. The van der Waals surface area contributed by atoms with Crippen molar-refractivity contribution in [3.8, 4) is 0 Å². The number of benzene rings is 1. The fraction of sp³-hybridized carbons (Fsp3) is 0.0714. The van der Waals surface area contributed by atoms with Gasteiger partial charge in [0, 0.05) is 11.9 Å². The molecule has 2 aromatic heterocycles. The highest BCUT2D eigenvalue weighted by atomic mass is 35.5. The topological polar surface area (TPSA) is 50.7 Å². The average molecular weight is 271 g/mol. The average Bonchev–Trinajstić information content (AvgIpc) is 2.45. The van der Waals surface area contributed by atoms with Crippen LogP contribution in [0.25, 0.3) is 11.0 Å². The van der Waals surface area contributed by atoms with E-state index in [2.05, 4.69) is 20.3 Å². The Kier molecular flexibility index (Phi) is 3.25. The van der Waals surface area contributed by atoms with Crippen LogP contribution in [0.3, 0.4) is 0 Å². The summed E-state index contributed by atoms with van der Waals surface area (Å²) in [6, 6.07) is 11.4. The lowest BCUT2D eigenvalue weighted by atomic mass is 10.3. The molecule has 0 saturated carbocycles. The highest BCUT2D eigenvalue weighted by Crippen LogP contribution is 2.13. The molecule has 0 saturated heterocycles. The summed E-state index contributed by atoms with van der Waals surface area (Å²) >= 11 is 5.83. The molecule has 0 fully saturated rings. The van der Waals surface area contributed by atoms with Crippen molar-refractivity contribution in [1.29, 1.82) is 0 Å². The number of hydrogen-bond donors (Lipinski definition) is 1. The molecular formula is C14H11ClN4. The van der Waals surface area contributed by atoms with Crippen LogP contribution in [0.2, 0.25) is 5.15 Å². The molecule has 1 aromatic carbocycles. The maximum Gasteiger partial charge on any atom is 0.131 e.